The number of nitrogens with zero attached hydrogens (tertiary/aromatic N) is 3. The lowest BCUT2D eigenvalue weighted by atomic mass is 9.97. The van der Waals surface area contributed by atoms with E-state index in [0.29, 0.717) is 5.92 Å². The van der Waals surface area contributed by atoms with Crippen molar-refractivity contribution in [3.05, 3.63) is 23.0 Å². The van der Waals surface area contributed by atoms with Crippen molar-refractivity contribution in [2.75, 3.05) is 19.8 Å². The van der Waals surface area contributed by atoms with Crippen LogP contribution in [0.4, 0.5) is 0 Å². The Morgan fingerprint density at radius 1 is 1.45 bits per heavy atom. The molecule has 0 radical (unpaired) electrons. The maximum absolute atomic E-state index is 5.77. The number of hydrogen-bond acceptors (Lipinski definition) is 4. The molecule has 0 aliphatic carbocycles. The molecule has 0 aromatic carbocycles. The number of aryl methyl sites for hydroxylation is 1. The van der Waals surface area contributed by atoms with Crippen molar-refractivity contribution >= 4 is 5.65 Å². The van der Waals surface area contributed by atoms with Gasteiger partial charge in [0.25, 0.3) is 0 Å². The van der Waals surface area contributed by atoms with Gasteiger partial charge in [0, 0.05) is 36.5 Å². The van der Waals surface area contributed by atoms with Crippen LogP contribution in [0.2, 0.25) is 0 Å². The van der Waals surface area contributed by atoms with Gasteiger partial charge in [-0.2, -0.15) is 9.61 Å². The third-order valence-corrected chi connectivity index (χ3v) is 4.16. The number of aromatic nitrogens is 3. The smallest absolute Gasteiger partial charge is 0.222 e. The van der Waals surface area contributed by atoms with Crippen LogP contribution in [0.15, 0.2) is 6.07 Å². The van der Waals surface area contributed by atoms with Gasteiger partial charge in [-0.15, -0.1) is 6.42 Å². The van der Waals surface area contributed by atoms with E-state index in [4.69, 9.17) is 21.0 Å². The minimum atomic E-state index is 0.234. The number of ether oxygens (including phenoxy) is 2. The summed E-state index contributed by atoms with van der Waals surface area (Å²) in [5.74, 6) is 3.68. The fourth-order valence-corrected chi connectivity index (χ4v) is 3.00. The Kier molecular flexibility index (Phi) is 4.30. The maximum atomic E-state index is 5.77. The average Bonchev–Trinajstić information content (AvgIpc) is 2.96. The highest BCUT2D eigenvalue weighted by Crippen LogP contribution is 2.29. The number of rotatable bonds is 4. The third kappa shape index (κ3) is 2.67. The summed E-state index contributed by atoms with van der Waals surface area (Å²) in [7, 11) is 0. The molecule has 0 bridgehead atoms. The predicted octanol–water partition coefficient (Wildman–Crippen LogP) is 2.51. The van der Waals surface area contributed by atoms with Gasteiger partial charge >= 0.3 is 0 Å². The second-order valence-electron chi connectivity index (χ2n) is 5.55. The van der Waals surface area contributed by atoms with E-state index < -0.39 is 0 Å². The fraction of sp³-hybridized carbons (Fsp3) is 0.529. The molecular formula is C17H21N3O2. The molecule has 0 N–H and O–H groups in total. The van der Waals surface area contributed by atoms with Crippen LogP contribution in [-0.2, 0) is 11.2 Å². The normalized spacial score (nSPS) is 15.9. The fourth-order valence-electron chi connectivity index (χ4n) is 3.00. The van der Waals surface area contributed by atoms with Crippen LogP contribution >= 0.6 is 0 Å². The molecule has 0 unspecified atom stereocenters. The Balaban J connectivity index is 2.07. The molecule has 1 aliphatic heterocycles. The molecule has 0 spiro atoms. The molecule has 0 atom stereocenters. The number of terminal acetylenes is 1. The quantitative estimate of drug-likeness (QED) is 0.814. The van der Waals surface area contributed by atoms with Crippen LogP contribution in [0.5, 0.6) is 5.88 Å². The SMILES string of the molecule is C#CCOc1c(CC)c(C)nc2cc(C3CCOCC3)nn12. The zero-order chi connectivity index (χ0) is 15.5. The van der Waals surface area contributed by atoms with Gasteiger partial charge in [-0.3, -0.25) is 0 Å². The van der Waals surface area contributed by atoms with Gasteiger partial charge in [0.15, 0.2) is 12.3 Å². The molecule has 116 valence electrons. The largest absolute Gasteiger partial charge is 0.464 e. The molecule has 2 aromatic heterocycles. The lowest BCUT2D eigenvalue weighted by Crippen LogP contribution is -2.14. The van der Waals surface area contributed by atoms with E-state index in [0.717, 1.165) is 61.0 Å². The molecule has 1 fully saturated rings. The van der Waals surface area contributed by atoms with Crippen molar-refractivity contribution in [1.82, 2.24) is 14.6 Å². The number of fused-ring (bicyclic) bond motifs is 1. The van der Waals surface area contributed by atoms with E-state index in [-0.39, 0.29) is 6.61 Å². The van der Waals surface area contributed by atoms with E-state index in [9.17, 15) is 0 Å². The highest BCUT2D eigenvalue weighted by Gasteiger charge is 2.21. The van der Waals surface area contributed by atoms with E-state index in [1.165, 1.54) is 0 Å². The summed E-state index contributed by atoms with van der Waals surface area (Å²) in [5.41, 5.74) is 3.92. The molecule has 5 nitrogen and oxygen atoms in total. The first-order chi connectivity index (χ1) is 10.7. The molecular weight excluding hydrogens is 278 g/mol. The summed E-state index contributed by atoms with van der Waals surface area (Å²) in [4.78, 5) is 4.67. The Morgan fingerprint density at radius 3 is 2.91 bits per heavy atom. The minimum absolute atomic E-state index is 0.234. The summed E-state index contributed by atoms with van der Waals surface area (Å²) in [6, 6.07) is 2.06. The monoisotopic (exact) mass is 299 g/mol. The Labute approximate surface area is 130 Å². The van der Waals surface area contributed by atoms with E-state index in [2.05, 4.69) is 23.9 Å². The van der Waals surface area contributed by atoms with E-state index in [1.807, 2.05) is 6.92 Å². The van der Waals surface area contributed by atoms with Gasteiger partial charge in [-0.05, 0) is 26.2 Å². The molecule has 3 rings (SSSR count). The van der Waals surface area contributed by atoms with Crippen molar-refractivity contribution in [2.45, 2.75) is 39.0 Å². The van der Waals surface area contributed by atoms with Gasteiger partial charge in [-0.1, -0.05) is 12.8 Å². The Morgan fingerprint density at radius 2 is 2.23 bits per heavy atom. The molecule has 0 saturated carbocycles. The zero-order valence-electron chi connectivity index (χ0n) is 13.1. The van der Waals surface area contributed by atoms with Crippen LogP contribution in [0.3, 0.4) is 0 Å². The standard InChI is InChI=1S/C17H21N3O2/c1-4-8-22-17-14(5-2)12(3)18-16-11-15(19-20(16)17)13-6-9-21-10-7-13/h1,11,13H,5-10H2,2-3H3. The second kappa shape index (κ2) is 6.37. The lowest BCUT2D eigenvalue weighted by Gasteiger charge is -2.19. The van der Waals surface area contributed by atoms with E-state index >= 15 is 0 Å². The summed E-state index contributed by atoms with van der Waals surface area (Å²) in [5, 5.41) is 4.74. The number of hydrogen-bond donors (Lipinski definition) is 0. The first kappa shape index (κ1) is 14.9. The van der Waals surface area contributed by atoms with Crippen molar-refractivity contribution in [3.63, 3.8) is 0 Å². The summed E-state index contributed by atoms with van der Waals surface area (Å²) in [6.45, 7) is 5.92. The highest BCUT2D eigenvalue weighted by atomic mass is 16.5. The van der Waals surface area contributed by atoms with Crippen LogP contribution in [0.1, 0.15) is 42.6 Å². The van der Waals surface area contributed by atoms with Crippen molar-refractivity contribution < 1.29 is 9.47 Å². The van der Waals surface area contributed by atoms with Gasteiger partial charge < -0.3 is 9.47 Å². The van der Waals surface area contributed by atoms with Gasteiger partial charge in [0.05, 0.1) is 5.69 Å². The van der Waals surface area contributed by atoms with Crippen molar-refractivity contribution in [2.24, 2.45) is 0 Å². The minimum Gasteiger partial charge on any atom is -0.464 e. The highest BCUT2D eigenvalue weighted by molar-refractivity contribution is 5.48. The van der Waals surface area contributed by atoms with Crippen LogP contribution in [-0.4, -0.2) is 34.4 Å². The first-order valence-corrected chi connectivity index (χ1v) is 7.77. The molecule has 2 aromatic rings. The average molecular weight is 299 g/mol. The van der Waals surface area contributed by atoms with Crippen LogP contribution in [0.25, 0.3) is 5.65 Å². The van der Waals surface area contributed by atoms with Crippen LogP contribution in [0, 0.1) is 19.3 Å². The molecule has 0 amide bonds. The Bertz CT molecular complexity index is 709. The summed E-state index contributed by atoms with van der Waals surface area (Å²) in [6.07, 6.45) is 8.18. The molecule has 22 heavy (non-hydrogen) atoms. The zero-order valence-corrected chi connectivity index (χ0v) is 13.1. The molecule has 3 heterocycles. The molecule has 1 aliphatic rings. The van der Waals surface area contributed by atoms with Crippen molar-refractivity contribution in [3.8, 4) is 18.2 Å². The summed E-state index contributed by atoms with van der Waals surface area (Å²) >= 11 is 0. The Hall–Kier alpha value is -2.06. The van der Waals surface area contributed by atoms with Gasteiger partial charge in [0.1, 0.15) is 0 Å². The van der Waals surface area contributed by atoms with Crippen LogP contribution < -0.4 is 4.74 Å². The van der Waals surface area contributed by atoms with Gasteiger partial charge in [-0.25, -0.2) is 4.98 Å². The lowest BCUT2D eigenvalue weighted by molar-refractivity contribution is 0.0844. The second-order valence-corrected chi connectivity index (χ2v) is 5.55. The van der Waals surface area contributed by atoms with E-state index in [1.54, 1.807) is 4.52 Å². The third-order valence-electron chi connectivity index (χ3n) is 4.16. The van der Waals surface area contributed by atoms with Gasteiger partial charge in [0.2, 0.25) is 5.88 Å². The molecule has 1 saturated heterocycles. The van der Waals surface area contributed by atoms with Crippen molar-refractivity contribution in [1.29, 1.82) is 0 Å². The maximum Gasteiger partial charge on any atom is 0.222 e. The summed E-state index contributed by atoms with van der Waals surface area (Å²) < 4.78 is 13.0. The predicted molar refractivity (Wildman–Crippen MR) is 84.2 cm³/mol. The topological polar surface area (TPSA) is 48.7 Å². The molecule has 5 heteroatoms. The first-order valence-electron chi connectivity index (χ1n) is 7.77.